The number of benzene rings is 2. The van der Waals surface area contributed by atoms with Crippen LogP contribution in [-0.2, 0) is 27.5 Å². The van der Waals surface area contributed by atoms with E-state index >= 15 is 0 Å². The van der Waals surface area contributed by atoms with Crippen molar-refractivity contribution in [3.8, 4) is 0 Å². The van der Waals surface area contributed by atoms with Crippen LogP contribution in [0.2, 0.25) is 0 Å². The lowest BCUT2D eigenvalue weighted by atomic mass is 10.0. The van der Waals surface area contributed by atoms with Crippen LogP contribution in [0.1, 0.15) is 46.9 Å². The minimum atomic E-state index is -4.64. The first-order valence-corrected chi connectivity index (χ1v) is 14.1. The highest BCUT2D eigenvalue weighted by Gasteiger charge is 2.41. The molecule has 10 nitrogen and oxygen atoms in total. The minimum absolute atomic E-state index is 0.0708. The molecule has 41 heavy (non-hydrogen) atoms. The summed E-state index contributed by atoms with van der Waals surface area (Å²) in [6, 6.07) is 12.1. The lowest BCUT2D eigenvalue weighted by Crippen LogP contribution is -2.60. The van der Waals surface area contributed by atoms with Gasteiger partial charge in [0.15, 0.2) is 11.5 Å². The molecule has 0 spiro atoms. The molecule has 0 saturated carbocycles. The fraction of sp³-hybridized carbons (Fsp3) is 0.333. The number of alkyl halides is 3. The number of nitrogens with one attached hydrogen (secondary N) is 1. The van der Waals surface area contributed by atoms with E-state index in [1.165, 1.54) is 12.1 Å². The third-order valence-corrected chi connectivity index (χ3v) is 8.65. The molecule has 1 atom stereocenters. The van der Waals surface area contributed by atoms with Crippen molar-refractivity contribution in [2.24, 2.45) is 0 Å². The molecule has 1 fully saturated rings. The van der Waals surface area contributed by atoms with Gasteiger partial charge in [-0.3, -0.25) is 4.79 Å². The number of carbonyl (C=O) groups is 2. The van der Waals surface area contributed by atoms with Gasteiger partial charge in [0.1, 0.15) is 6.04 Å². The smallest absolute Gasteiger partial charge is 0.416 e. The normalized spacial score (nSPS) is 16.5. The van der Waals surface area contributed by atoms with Crippen LogP contribution in [0.3, 0.4) is 0 Å². The lowest BCUT2D eigenvalue weighted by molar-refractivity contribution is -0.137. The third kappa shape index (κ3) is 6.82. The minimum Gasteiger partial charge on any atom is -0.476 e. The molecule has 218 valence electrons. The Hall–Kier alpha value is -4.04. The summed E-state index contributed by atoms with van der Waals surface area (Å²) in [7, 11) is -4.38. The van der Waals surface area contributed by atoms with Crippen LogP contribution < -0.4 is 10.2 Å². The Morgan fingerprint density at radius 1 is 1.00 bits per heavy atom. The maximum absolute atomic E-state index is 13.6. The summed E-state index contributed by atoms with van der Waals surface area (Å²) in [4.78, 5) is 25.8. The third-order valence-electron chi connectivity index (χ3n) is 6.73. The number of aromatic nitrogens is 2. The van der Waals surface area contributed by atoms with Gasteiger partial charge in [-0.15, -0.1) is 10.2 Å². The van der Waals surface area contributed by atoms with Gasteiger partial charge < -0.3 is 15.3 Å². The Bertz CT molecular complexity index is 1500. The predicted octanol–water partition coefficient (Wildman–Crippen LogP) is 3.51. The number of aromatic carboxylic acids is 1. The van der Waals surface area contributed by atoms with E-state index in [1.54, 1.807) is 4.90 Å². The van der Waals surface area contributed by atoms with Crippen LogP contribution in [0.15, 0.2) is 65.6 Å². The van der Waals surface area contributed by atoms with Gasteiger partial charge in [0.2, 0.25) is 15.9 Å². The van der Waals surface area contributed by atoms with Crippen LogP contribution in [0.4, 0.5) is 19.0 Å². The zero-order valence-corrected chi connectivity index (χ0v) is 23.0. The SMILES string of the molecule is CC(C)c1ccc(CNC(=O)C2CN(c3ccc(C(=O)O)nn3)CCN2S(=O)(=O)c2ccc(C(F)(F)F)cc2)cc1. The molecule has 14 heteroatoms. The van der Waals surface area contributed by atoms with Gasteiger partial charge in [0, 0.05) is 26.2 Å². The highest BCUT2D eigenvalue weighted by atomic mass is 32.2. The monoisotopic (exact) mass is 591 g/mol. The lowest BCUT2D eigenvalue weighted by Gasteiger charge is -2.40. The highest BCUT2D eigenvalue weighted by molar-refractivity contribution is 7.89. The number of sulfonamides is 1. The maximum Gasteiger partial charge on any atom is 0.416 e. The largest absolute Gasteiger partial charge is 0.476 e. The first-order valence-electron chi connectivity index (χ1n) is 12.6. The summed E-state index contributed by atoms with van der Waals surface area (Å²) in [6.07, 6.45) is -4.64. The number of rotatable bonds is 8. The molecule has 2 aromatic carbocycles. The van der Waals surface area contributed by atoms with Gasteiger partial charge in [0.25, 0.3) is 0 Å². The first kappa shape index (κ1) is 29.9. The quantitative estimate of drug-likeness (QED) is 0.407. The number of hydrogen-bond donors (Lipinski definition) is 2. The van der Waals surface area contributed by atoms with Crippen LogP contribution >= 0.6 is 0 Å². The van der Waals surface area contributed by atoms with Gasteiger partial charge in [0.05, 0.1) is 10.5 Å². The van der Waals surface area contributed by atoms with E-state index in [9.17, 15) is 31.2 Å². The molecule has 2 N–H and O–H groups in total. The first-order chi connectivity index (χ1) is 19.3. The van der Waals surface area contributed by atoms with Crippen LogP contribution in [0.25, 0.3) is 0 Å². The molecule has 2 heterocycles. The second-order valence-electron chi connectivity index (χ2n) is 9.80. The maximum atomic E-state index is 13.6. The summed E-state index contributed by atoms with van der Waals surface area (Å²) >= 11 is 0. The molecule has 1 amide bonds. The van der Waals surface area contributed by atoms with Gasteiger partial charge >= 0.3 is 12.1 Å². The molecule has 0 radical (unpaired) electrons. The number of carboxylic acid groups (broad SMARTS) is 1. The number of hydrogen-bond acceptors (Lipinski definition) is 7. The summed E-state index contributed by atoms with van der Waals surface area (Å²) in [5.41, 5.74) is 0.631. The standard InChI is InChI=1S/C27H28F3N5O5S/c1-17(2)19-5-3-18(4-6-19)15-31-25(36)23-16-34(24-12-11-22(26(37)38)32-33-24)13-14-35(23)41(39,40)21-9-7-20(8-10-21)27(28,29)30/h3-12,17,23H,13-16H2,1-2H3,(H,31,36)(H,37,38). The van der Waals surface area contributed by atoms with Crippen molar-refractivity contribution in [2.45, 2.75) is 43.4 Å². The van der Waals surface area contributed by atoms with E-state index in [0.717, 1.165) is 27.6 Å². The number of carboxylic acids is 1. The molecule has 1 aliphatic rings. The molecule has 1 aromatic heterocycles. The summed E-state index contributed by atoms with van der Waals surface area (Å²) in [5, 5.41) is 19.4. The van der Waals surface area contributed by atoms with Crippen molar-refractivity contribution in [1.29, 1.82) is 0 Å². The average molecular weight is 592 g/mol. The Morgan fingerprint density at radius 3 is 2.20 bits per heavy atom. The van der Waals surface area contributed by atoms with Gasteiger partial charge in [-0.2, -0.15) is 17.5 Å². The number of halogens is 3. The van der Waals surface area contributed by atoms with Crippen LogP contribution in [-0.4, -0.2) is 65.6 Å². The zero-order chi connectivity index (χ0) is 29.9. The van der Waals surface area contributed by atoms with E-state index < -0.39 is 39.7 Å². The van der Waals surface area contributed by atoms with Crippen molar-refractivity contribution in [3.63, 3.8) is 0 Å². The number of amides is 1. The molecule has 1 saturated heterocycles. The van der Waals surface area contributed by atoms with Crippen molar-refractivity contribution >= 4 is 27.7 Å². The molecule has 1 unspecified atom stereocenters. The Kier molecular flexibility index (Phi) is 8.63. The zero-order valence-electron chi connectivity index (χ0n) is 22.2. The molecular weight excluding hydrogens is 563 g/mol. The van der Waals surface area contributed by atoms with Crippen molar-refractivity contribution in [3.05, 3.63) is 83.0 Å². The molecule has 1 aliphatic heterocycles. The number of nitrogens with zero attached hydrogens (tertiary/aromatic N) is 4. The molecule has 3 aromatic rings. The molecule has 0 aliphatic carbocycles. The summed E-state index contributed by atoms with van der Waals surface area (Å²) in [5.74, 6) is -1.32. The highest BCUT2D eigenvalue weighted by Crippen LogP contribution is 2.31. The Morgan fingerprint density at radius 2 is 1.66 bits per heavy atom. The van der Waals surface area contributed by atoms with Gasteiger partial charge in [-0.25, -0.2) is 13.2 Å². The predicted molar refractivity (Wildman–Crippen MR) is 143 cm³/mol. The summed E-state index contributed by atoms with van der Waals surface area (Å²) in [6.45, 7) is 3.95. The Balaban J connectivity index is 1.60. The molecule has 4 rings (SSSR count). The van der Waals surface area contributed by atoms with Gasteiger partial charge in [-0.05, 0) is 53.4 Å². The van der Waals surface area contributed by atoms with Gasteiger partial charge in [-0.1, -0.05) is 38.1 Å². The van der Waals surface area contributed by atoms with E-state index in [4.69, 9.17) is 5.11 Å². The number of anilines is 1. The molecule has 0 bridgehead atoms. The van der Waals surface area contributed by atoms with E-state index in [0.29, 0.717) is 18.1 Å². The topological polar surface area (TPSA) is 133 Å². The van der Waals surface area contributed by atoms with Crippen LogP contribution in [0, 0.1) is 0 Å². The number of piperazine rings is 1. The van der Waals surface area contributed by atoms with Crippen molar-refractivity contribution < 1.29 is 36.3 Å². The average Bonchev–Trinajstić information content (AvgIpc) is 2.95. The summed E-state index contributed by atoms with van der Waals surface area (Å²) < 4.78 is 67.2. The number of carbonyl (C=O) groups excluding carboxylic acids is 1. The van der Waals surface area contributed by atoms with E-state index in [-0.39, 0.29) is 42.6 Å². The van der Waals surface area contributed by atoms with Crippen LogP contribution in [0.5, 0.6) is 0 Å². The second kappa shape index (κ2) is 11.8. The fourth-order valence-corrected chi connectivity index (χ4v) is 5.93. The molecular formula is C27H28F3N5O5S. The van der Waals surface area contributed by atoms with E-state index in [1.807, 2.05) is 24.3 Å². The Labute approximate surface area is 234 Å². The second-order valence-corrected chi connectivity index (χ2v) is 11.7. The van der Waals surface area contributed by atoms with Crippen molar-refractivity contribution in [1.82, 2.24) is 19.8 Å². The van der Waals surface area contributed by atoms with E-state index in [2.05, 4.69) is 29.4 Å². The fourth-order valence-electron chi connectivity index (χ4n) is 4.36. The van der Waals surface area contributed by atoms with Crippen molar-refractivity contribution in [2.75, 3.05) is 24.5 Å².